The number of nitrogens with one attached hydrogen (secondary N) is 2. The number of hydrogen-bond acceptors (Lipinski definition) is 5. The number of alkyl carbamates (subject to hydrolysis) is 1. The van der Waals surface area contributed by atoms with Crippen molar-refractivity contribution in [1.29, 1.82) is 5.26 Å². The lowest BCUT2D eigenvalue weighted by molar-refractivity contribution is 0.143. The number of rotatable bonds is 2. The molecule has 0 unspecified atom stereocenters. The second kappa shape index (κ2) is 6.58. The third-order valence-corrected chi connectivity index (χ3v) is 2.18. The summed E-state index contributed by atoms with van der Waals surface area (Å²) >= 11 is 4.52. The number of ether oxygens (including phenoxy) is 1. The van der Waals surface area contributed by atoms with Gasteiger partial charge in [-0.05, 0) is 24.4 Å². The molecule has 0 spiro atoms. The molecule has 0 aliphatic carbocycles. The Morgan fingerprint density at radius 2 is 2.16 bits per heavy atom. The van der Waals surface area contributed by atoms with E-state index in [0.29, 0.717) is 0 Å². The summed E-state index contributed by atoms with van der Waals surface area (Å²) < 4.78 is 31.2. The lowest BCUT2D eigenvalue weighted by Gasteiger charge is -2.08. The standard InChI is InChI=1S/C10H8F2N4O2S/c11-7-2-6(8(12)1-5(7)3-13)4-18-10(17)15-9(19)16-14/h1-2H,4,14H2,(H2,15,16,17,19). The number of carbonyl (C=O) groups excluding carboxylic acids is 1. The molecule has 0 heterocycles. The summed E-state index contributed by atoms with van der Waals surface area (Å²) in [5.74, 6) is 3.14. The topological polar surface area (TPSA) is 100 Å². The first kappa shape index (κ1) is 14.7. The van der Waals surface area contributed by atoms with Crippen molar-refractivity contribution in [2.45, 2.75) is 6.61 Å². The summed E-state index contributed by atoms with van der Waals surface area (Å²) in [6, 6.07) is 2.99. The molecule has 1 amide bonds. The first-order valence-electron chi connectivity index (χ1n) is 4.80. The van der Waals surface area contributed by atoms with Crippen molar-refractivity contribution < 1.29 is 18.3 Å². The van der Waals surface area contributed by atoms with Gasteiger partial charge in [-0.1, -0.05) is 0 Å². The van der Waals surface area contributed by atoms with Crippen LogP contribution in [0, 0.1) is 23.0 Å². The van der Waals surface area contributed by atoms with E-state index >= 15 is 0 Å². The van der Waals surface area contributed by atoms with Gasteiger partial charge in [0.1, 0.15) is 24.3 Å². The fourth-order valence-corrected chi connectivity index (χ4v) is 1.18. The van der Waals surface area contributed by atoms with Crippen molar-refractivity contribution in [3.63, 3.8) is 0 Å². The predicted molar refractivity (Wildman–Crippen MR) is 64.3 cm³/mol. The number of nitrogens with two attached hydrogens (primary N) is 1. The van der Waals surface area contributed by atoms with Crippen LogP contribution in [0.1, 0.15) is 11.1 Å². The number of hydrogen-bond donors (Lipinski definition) is 3. The quantitative estimate of drug-likeness (QED) is 0.422. The summed E-state index contributed by atoms with van der Waals surface area (Å²) in [6.45, 7) is -0.520. The Hall–Kier alpha value is -2.31. The molecule has 0 radical (unpaired) electrons. The minimum atomic E-state index is -0.980. The van der Waals surface area contributed by atoms with Gasteiger partial charge in [0, 0.05) is 5.56 Å². The third-order valence-electron chi connectivity index (χ3n) is 1.96. The van der Waals surface area contributed by atoms with Crippen LogP contribution in [0.5, 0.6) is 0 Å². The Morgan fingerprint density at radius 3 is 2.74 bits per heavy atom. The monoisotopic (exact) mass is 286 g/mol. The van der Waals surface area contributed by atoms with Crippen molar-refractivity contribution in [2.24, 2.45) is 5.84 Å². The molecule has 1 rings (SSSR count). The van der Waals surface area contributed by atoms with Crippen LogP contribution in [0.15, 0.2) is 12.1 Å². The Bertz CT molecular complexity index is 559. The van der Waals surface area contributed by atoms with E-state index in [-0.39, 0.29) is 10.7 Å². The van der Waals surface area contributed by atoms with Gasteiger partial charge >= 0.3 is 6.09 Å². The van der Waals surface area contributed by atoms with E-state index in [9.17, 15) is 13.6 Å². The Balaban J connectivity index is 2.69. The average Bonchev–Trinajstić information content (AvgIpc) is 2.39. The van der Waals surface area contributed by atoms with Crippen molar-refractivity contribution >= 4 is 23.4 Å². The molecule has 19 heavy (non-hydrogen) atoms. The highest BCUT2D eigenvalue weighted by Gasteiger charge is 2.12. The summed E-state index contributed by atoms with van der Waals surface area (Å²) in [5.41, 5.74) is 1.34. The SMILES string of the molecule is N#Cc1cc(F)c(COC(=O)NC(=S)NN)cc1F. The molecule has 9 heteroatoms. The first-order valence-corrected chi connectivity index (χ1v) is 5.21. The van der Waals surface area contributed by atoms with Gasteiger partial charge in [0.25, 0.3) is 0 Å². The molecule has 4 N–H and O–H groups in total. The van der Waals surface area contributed by atoms with E-state index in [1.807, 2.05) is 10.7 Å². The maximum atomic E-state index is 13.4. The minimum Gasteiger partial charge on any atom is -0.444 e. The molecule has 6 nitrogen and oxygen atoms in total. The van der Waals surface area contributed by atoms with E-state index < -0.39 is 29.9 Å². The number of thiocarbonyl (C=S) groups is 1. The van der Waals surface area contributed by atoms with E-state index in [1.165, 1.54) is 6.07 Å². The van der Waals surface area contributed by atoms with Crippen LogP contribution in [0.25, 0.3) is 0 Å². The zero-order chi connectivity index (χ0) is 14.4. The van der Waals surface area contributed by atoms with Crippen LogP contribution in [0.3, 0.4) is 0 Å². The molecule has 0 atom stereocenters. The number of amides is 1. The van der Waals surface area contributed by atoms with Crippen LogP contribution in [-0.2, 0) is 11.3 Å². The van der Waals surface area contributed by atoms with Crippen LogP contribution < -0.4 is 16.6 Å². The van der Waals surface area contributed by atoms with E-state index in [2.05, 4.69) is 17.0 Å². The molecule has 100 valence electrons. The van der Waals surface area contributed by atoms with Crippen molar-refractivity contribution in [3.05, 3.63) is 34.9 Å². The largest absolute Gasteiger partial charge is 0.444 e. The Kier molecular flexibility index (Phi) is 5.11. The minimum absolute atomic E-state index is 0.184. The van der Waals surface area contributed by atoms with Crippen molar-refractivity contribution in [3.8, 4) is 6.07 Å². The highest BCUT2D eigenvalue weighted by atomic mass is 32.1. The summed E-state index contributed by atoms with van der Waals surface area (Å²) in [6.07, 6.45) is -0.980. The van der Waals surface area contributed by atoms with Crippen LogP contribution in [0.4, 0.5) is 13.6 Å². The zero-order valence-electron chi connectivity index (χ0n) is 9.37. The molecule has 0 bridgehead atoms. The second-order valence-electron chi connectivity index (χ2n) is 3.21. The summed E-state index contributed by atoms with van der Waals surface area (Å²) in [5, 5.41) is 10.3. The molecule has 0 aliphatic heterocycles. The predicted octanol–water partition coefficient (Wildman–Crippen LogP) is 0.811. The summed E-state index contributed by atoms with van der Waals surface area (Å²) in [7, 11) is 0. The molecular formula is C10H8F2N4O2S. The Labute approximate surface area is 112 Å². The van der Waals surface area contributed by atoms with Crippen molar-refractivity contribution in [2.75, 3.05) is 0 Å². The van der Waals surface area contributed by atoms with Gasteiger partial charge < -0.3 is 10.2 Å². The number of nitrogens with zero attached hydrogens (tertiary/aromatic N) is 1. The first-order chi connectivity index (χ1) is 8.97. The Morgan fingerprint density at radius 1 is 1.47 bits per heavy atom. The molecule has 1 aromatic carbocycles. The molecule has 0 saturated carbocycles. The normalized spacial score (nSPS) is 9.37. The smallest absolute Gasteiger partial charge is 0.413 e. The lowest BCUT2D eigenvalue weighted by atomic mass is 10.1. The van der Waals surface area contributed by atoms with Gasteiger partial charge in [-0.15, -0.1) is 0 Å². The van der Waals surface area contributed by atoms with Gasteiger partial charge in [-0.2, -0.15) is 5.26 Å². The molecule has 1 aromatic rings. The fraction of sp³-hybridized carbons (Fsp3) is 0.100. The number of benzene rings is 1. The maximum absolute atomic E-state index is 13.4. The number of nitriles is 1. The highest BCUT2D eigenvalue weighted by Crippen LogP contribution is 2.15. The zero-order valence-corrected chi connectivity index (χ0v) is 10.2. The third kappa shape index (κ3) is 4.13. The molecule has 0 saturated heterocycles. The van der Waals surface area contributed by atoms with Crippen LogP contribution in [-0.4, -0.2) is 11.2 Å². The van der Waals surface area contributed by atoms with Gasteiger partial charge in [-0.3, -0.25) is 5.32 Å². The molecule has 0 fully saturated rings. The van der Waals surface area contributed by atoms with E-state index in [4.69, 9.17) is 11.1 Å². The van der Waals surface area contributed by atoms with Gasteiger partial charge in [0.2, 0.25) is 0 Å². The van der Waals surface area contributed by atoms with Gasteiger partial charge in [0.05, 0.1) is 5.56 Å². The van der Waals surface area contributed by atoms with Crippen LogP contribution in [0.2, 0.25) is 0 Å². The van der Waals surface area contributed by atoms with Gasteiger partial charge in [0.15, 0.2) is 5.11 Å². The number of carbonyl (C=O) groups is 1. The molecular weight excluding hydrogens is 278 g/mol. The molecule has 0 aliphatic rings. The highest BCUT2D eigenvalue weighted by molar-refractivity contribution is 7.80. The van der Waals surface area contributed by atoms with Crippen molar-refractivity contribution in [1.82, 2.24) is 10.7 Å². The van der Waals surface area contributed by atoms with E-state index in [1.54, 1.807) is 0 Å². The maximum Gasteiger partial charge on any atom is 0.413 e. The second-order valence-corrected chi connectivity index (χ2v) is 3.62. The number of hydrazine groups is 1. The average molecular weight is 286 g/mol. The number of halogens is 2. The molecule has 0 aromatic heterocycles. The lowest BCUT2D eigenvalue weighted by Crippen LogP contribution is -2.42. The van der Waals surface area contributed by atoms with Gasteiger partial charge in [-0.25, -0.2) is 19.4 Å². The van der Waals surface area contributed by atoms with Crippen LogP contribution >= 0.6 is 12.2 Å². The van der Waals surface area contributed by atoms with E-state index in [0.717, 1.165) is 12.1 Å². The summed E-state index contributed by atoms with van der Waals surface area (Å²) in [4.78, 5) is 11.1. The fourth-order valence-electron chi connectivity index (χ4n) is 1.09.